The van der Waals surface area contributed by atoms with E-state index in [9.17, 15) is 9.59 Å². The number of carbonyl (C=O) groups excluding carboxylic acids is 2. The van der Waals surface area contributed by atoms with E-state index in [1.54, 1.807) is 12.1 Å². The molecule has 0 saturated carbocycles. The lowest BCUT2D eigenvalue weighted by molar-refractivity contribution is 0.0651. The maximum atomic E-state index is 12.9. The van der Waals surface area contributed by atoms with Crippen molar-refractivity contribution in [3.63, 3.8) is 0 Å². The second kappa shape index (κ2) is 12.6. The molecular weight excluding hydrogens is 480 g/mol. The van der Waals surface area contributed by atoms with Crippen molar-refractivity contribution in [2.75, 3.05) is 6.54 Å². The summed E-state index contributed by atoms with van der Waals surface area (Å²) in [5.41, 5.74) is 6.37. The van der Waals surface area contributed by atoms with Gasteiger partial charge in [0.05, 0.1) is 11.1 Å². The van der Waals surface area contributed by atoms with E-state index >= 15 is 0 Å². The molecule has 1 aromatic heterocycles. The molecular formula is C35H42N2O2. The summed E-state index contributed by atoms with van der Waals surface area (Å²) in [6.45, 7) is 5.71. The van der Waals surface area contributed by atoms with Gasteiger partial charge in [-0.3, -0.25) is 14.5 Å². The summed E-state index contributed by atoms with van der Waals surface area (Å²) in [5.74, 6) is -0.337. The molecule has 0 atom stereocenters. The fraction of sp³-hybridized carbons (Fsp3) is 0.429. The van der Waals surface area contributed by atoms with Crippen molar-refractivity contribution in [2.24, 2.45) is 0 Å². The molecule has 2 heterocycles. The quantitative estimate of drug-likeness (QED) is 0.123. The van der Waals surface area contributed by atoms with Gasteiger partial charge in [-0.1, -0.05) is 76.6 Å². The average Bonchev–Trinajstić information content (AvgIpc) is 3.40. The second-order valence-electron chi connectivity index (χ2n) is 11.1. The Morgan fingerprint density at radius 3 is 1.56 bits per heavy atom. The van der Waals surface area contributed by atoms with E-state index in [-0.39, 0.29) is 11.8 Å². The lowest BCUT2D eigenvalue weighted by atomic mass is 10.0. The zero-order valence-corrected chi connectivity index (χ0v) is 23.7. The van der Waals surface area contributed by atoms with Crippen LogP contribution in [-0.2, 0) is 19.4 Å². The van der Waals surface area contributed by atoms with Gasteiger partial charge in [0.1, 0.15) is 0 Å². The first-order valence-electron chi connectivity index (χ1n) is 15.1. The summed E-state index contributed by atoms with van der Waals surface area (Å²) in [6.07, 6.45) is 13.1. The standard InChI is InChI=1S/C35H42N2O2/c1-3-5-7-9-14-26-18-20-32-30(24-26)31-25-27(15-10-8-6-4-2)19-21-33(31)36(32)22-13-23-37-34(38)28-16-11-12-17-29(28)35(37)39/h11-12,16-21,24-25H,3-10,13-15,22-23H2,1-2H3. The number of imide groups is 1. The highest BCUT2D eigenvalue weighted by Crippen LogP contribution is 2.32. The maximum absolute atomic E-state index is 12.9. The van der Waals surface area contributed by atoms with Crippen LogP contribution >= 0.6 is 0 Å². The molecule has 0 unspecified atom stereocenters. The van der Waals surface area contributed by atoms with Gasteiger partial charge in [0.25, 0.3) is 11.8 Å². The molecule has 0 spiro atoms. The molecule has 5 rings (SSSR count). The summed E-state index contributed by atoms with van der Waals surface area (Å²) >= 11 is 0. The molecule has 1 aliphatic heterocycles. The molecule has 0 aliphatic carbocycles. The fourth-order valence-corrected chi connectivity index (χ4v) is 6.09. The fourth-order valence-electron chi connectivity index (χ4n) is 6.09. The van der Waals surface area contributed by atoms with Crippen LogP contribution < -0.4 is 0 Å². The van der Waals surface area contributed by atoms with Crippen LogP contribution in [0, 0.1) is 0 Å². The molecule has 4 aromatic rings. The number of nitrogens with zero attached hydrogens (tertiary/aromatic N) is 2. The summed E-state index contributed by atoms with van der Waals surface area (Å²) in [7, 11) is 0. The van der Waals surface area contributed by atoms with Gasteiger partial charge in [-0.25, -0.2) is 0 Å². The zero-order chi connectivity index (χ0) is 27.2. The van der Waals surface area contributed by atoms with E-state index in [2.05, 4.69) is 54.8 Å². The van der Waals surface area contributed by atoms with Crippen LogP contribution in [0.4, 0.5) is 0 Å². The molecule has 204 valence electrons. The van der Waals surface area contributed by atoms with Crippen molar-refractivity contribution in [1.82, 2.24) is 9.47 Å². The topological polar surface area (TPSA) is 42.3 Å². The molecule has 0 saturated heterocycles. The van der Waals surface area contributed by atoms with E-state index in [0.29, 0.717) is 17.7 Å². The molecule has 2 amide bonds. The lowest BCUT2D eigenvalue weighted by Crippen LogP contribution is -2.31. The van der Waals surface area contributed by atoms with Gasteiger partial charge in [-0.15, -0.1) is 0 Å². The summed E-state index contributed by atoms with van der Waals surface area (Å²) in [4.78, 5) is 27.1. The third-order valence-electron chi connectivity index (χ3n) is 8.27. The Labute approximate surface area is 233 Å². The number of unbranched alkanes of at least 4 members (excludes halogenated alkanes) is 6. The zero-order valence-electron chi connectivity index (χ0n) is 23.7. The van der Waals surface area contributed by atoms with E-state index < -0.39 is 0 Å². The van der Waals surface area contributed by atoms with E-state index in [1.165, 1.54) is 89.2 Å². The van der Waals surface area contributed by atoms with Gasteiger partial charge in [-0.05, 0) is 79.6 Å². The van der Waals surface area contributed by atoms with Crippen molar-refractivity contribution in [3.8, 4) is 0 Å². The van der Waals surface area contributed by atoms with Crippen molar-refractivity contribution in [3.05, 3.63) is 82.9 Å². The number of hydrogen-bond donors (Lipinski definition) is 0. The number of benzene rings is 3. The van der Waals surface area contributed by atoms with Crippen LogP contribution in [0.5, 0.6) is 0 Å². The Bertz CT molecular complexity index is 1360. The van der Waals surface area contributed by atoms with Gasteiger partial charge in [0, 0.05) is 34.9 Å². The first-order chi connectivity index (χ1) is 19.1. The maximum Gasteiger partial charge on any atom is 0.261 e. The third-order valence-corrected chi connectivity index (χ3v) is 8.27. The van der Waals surface area contributed by atoms with Crippen LogP contribution in [-0.4, -0.2) is 27.8 Å². The van der Waals surface area contributed by atoms with Crippen molar-refractivity contribution < 1.29 is 9.59 Å². The van der Waals surface area contributed by atoms with Crippen molar-refractivity contribution >= 4 is 33.6 Å². The molecule has 4 nitrogen and oxygen atoms in total. The number of aryl methyl sites for hydroxylation is 3. The summed E-state index contributed by atoms with van der Waals surface area (Å²) < 4.78 is 2.39. The van der Waals surface area contributed by atoms with Crippen LogP contribution in [0.1, 0.15) is 103 Å². The van der Waals surface area contributed by atoms with Gasteiger partial charge in [0.15, 0.2) is 0 Å². The number of aromatic nitrogens is 1. The Kier molecular flexibility index (Phi) is 8.81. The number of fused-ring (bicyclic) bond motifs is 4. The normalized spacial score (nSPS) is 13.2. The first-order valence-corrected chi connectivity index (χ1v) is 15.1. The summed E-state index contributed by atoms with van der Waals surface area (Å²) in [5, 5.41) is 2.66. The molecule has 0 radical (unpaired) electrons. The van der Waals surface area contributed by atoms with E-state index in [0.717, 1.165) is 25.8 Å². The highest BCUT2D eigenvalue weighted by atomic mass is 16.2. The second-order valence-corrected chi connectivity index (χ2v) is 11.1. The highest BCUT2D eigenvalue weighted by Gasteiger charge is 2.34. The van der Waals surface area contributed by atoms with Crippen molar-refractivity contribution in [1.29, 1.82) is 0 Å². The Morgan fingerprint density at radius 1 is 0.564 bits per heavy atom. The van der Waals surface area contributed by atoms with Crippen molar-refractivity contribution in [2.45, 2.75) is 91.0 Å². The van der Waals surface area contributed by atoms with Gasteiger partial charge < -0.3 is 4.57 Å². The Balaban J connectivity index is 1.38. The highest BCUT2D eigenvalue weighted by molar-refractivity contribution is 6.21. The lowest BCUT2D eigenvalue weighted by Gasteiger charge is -2.15. The van der Waals surface area contributed by atoms with E-state index in [1.807, 2.05) is 12.1 Å². The molecule has 1 aliphatic rings. The summed E-state index contributed by atoms with van der Waals surface area (Å²) in [6, 6.07) is 21.1. The average molecular weight is 523 g/mol. The monoisotopic (exact) mass is 522 g/mol. The Morgan fingerprint density at radius 2 is 1.08 bits per heavy atom. The third kappa shape index (κ3) is 5.80. The largest absolute Gasteiger partial charge is 0.340 e. The molecule has 0 bridgehead atoms. The molecule has 0 fully saturated rings. The number of rotatable bonds is 14. The predicted octanol–water partition coefficient (Wildman–Crippen LogP) is 8.73. The van der Waals surface area contributed by atoms with Crippen LogP contribution in [0.25, 0.3) is 21.8 Å². The van der Waals surface area contributed by atoms with Crippen LogP contribution in [0.2, 0.25) is 0 Å². The Hall–Kier alpha value is -3.40. The number of hydrogen-bond acceptors (Lipinski definition) is 2. The smallest absolute Gasteiger partial charge is 0.261 e. The molecule has 3 aromatic carbocycles. The van der Waals surface area contributed by atoms with Gasteiger partial charge in [0.2, 0.25) is 0 Å². The first kappa shape index (κ1) is 27.2. The number of carbonyl (C=O) groups is 2. The SMILES string of the molecule is CCCCCCc1ccc2c(c1)c1cc(CCCCCC)ccc1n2CCCN1C(=O)c2ccccc2C1=O. The number of amides is 2. The van der Waals surface area contributed by atoms with Crippen LogP contribution in [0.3, 0.4) is 0 Å². The molecule has 4 heteroatoms. The molecule has 39 heavy (non-hydrogen) atoms. The van der Waals surface area contributed by atoms with Gasteiger partial charge in [-0.2, -0.15) is 0 Å². The minimum absolute atomic E-state index is 0.168. The molecule has 0 N–H and O–H groups in total. The minimum Gasteiger partial charge on any atom is -0.340 e. The minimum atomic E-state index is -0.168. The predicted molar refractivity (Wildman–Crippen MR) is 162 cm³/mol. The van der Waals surface area contributed by atoms with E-state index in [4.69, 9.17) is 0 Å². The van der Waals surface area contributed by atoms with Gasteiger partial charge >= 0.3 is 0 Å². The van der Waals surface area contributed by atoms with Crippen LogP contribution in [0.15, 0.2) is 60.7 Å².